The van der Waals surface area contributed by atoms with Crippen molar-refractivity contribution in [2.75, 3.05) is 13.6 Å². The lowest BCUT2D eigenvalue weighted by atomic mass is 10.4. The molecule has 1 rings (SSSR count). The van der Waals surface area contributed by atoms with Gasteiger partial charge in [0.1, 0.15) is 6.54 Å². The maximum absolute atomic E-state index is 12.1. The van der Waals surface area contributed by atoms with Crippen LogP contribution < -0.4 is 0 Å². The van der Waals surface area contributed by atoms with Crippen LogP contribution in [0.25, 0.3) is 0 Å². The number of rotatable bonds is 5. The third-order valence-corrected chi connectivity index (χ3v) is 4.68. The number of hydrogen-bond donors (Lipinski definition) is 1. The van der Waals surface area contributed by atoms with Crippen molar-refractivity contribution in [2.24, 2.45) is 0 Å². The highest BCUT2D eigenvalue weighted by Crippen LogP contribution is 2.37. The molecule has 0 aliphatic rings. The van der Waals surface area contributed by atoms with Gasteiger partial charge in [0.25, 0.3) is 0 Å². The van der Waals surface area contributed by atoms with E-state index in [1.807, 2.05) is 0 Å². The summed E-state index contributed by atoms with van der Waals surface area (Å²) >= 11 is -0.363. The van der Waals surface area contributed by atoms with E-state index in [2.05, 4.69) is 0 Å². The summed E-state index contributed by atoms with van der Waals surface area (Å²) in [5.74, 6) is -1.33. The number of likely N-dealkylation sites (N-methyl/N-ethyl adjacent to an activating group) is 1. The molecule has 0 amide bonds. The van der Waals surface area contributed by atoms with Crippen LogP contribution in [0.3, 0.4) is 0 Å². The highest BCUT2D eigenvalue weighted by molar-refractivity contribution is 8.00. The number of carboxylic acids is 1. The number of carboxylic acid groups (broad SMARTS) is 1. The van der Waals surface area contributed by atoms with E-state index in [4.69, 9.17) is 5.11 Å². The van der Waals surface area contributed by atoms with Crippen molar-refractivity contribution in [1.82, 2.24) is 4.31 Å². The molecule has 0 spiro atoms. The van der Waals surface area contributed by atoms with E-state index in [1.54, 1.807) is 0 Å². The van der Waals surface area contributed by atoms with Crippen molar-refractivity contribution in [3.05, 3.63) is 24.3 Å². The number of sulfonamides is 1. The number of alkyl halides is 3. The summed E-state index contributed by atoms with van der Waals surface area (Å²) in [6.07, 6.45) is 0. The molecule has 0 bridgehead atoms. The normalized spacial score (nSPS) is 12.7. The van der Waals surface area contributed by atoms with Crippen LogP contribution in [0.1, 0.15) is 0 Å². The highest BCUT2D eigenvalue weighted by Gasteiger charge is 2.29. The van der Waals surface area contributed by atoms with Crippen molar-refractivity contribution in [3.63, 3.8) is 0 Å². The minimum atomic E-state index is -4.46. The number of hydrogen-bond acceptors (Lipinski definition) is 4. The number of carbonyl (C=O) groups is 1. The van der Waals surface area contributed by atoms with Crippen LogP contribution in [0, 0.1) is 0 Å². The van der Waals surface area contributed by atoms with Crippen LogP contribution >= 0.6 is 11.8 Å². The summed E-state index contributed by atoms with van der Waals surface area (Å²) in [7, 11) is -2.96. The van der Waals surface area contributed by atoms with Gasteiger partial charge in [0, 0.05) is 11.9 Å². The first-order valence-corrected chi connectivity index (χ1v) is 7.32. The van der Waals surface area contributed by atoms with Crippen molar-refractivity contribution >= 4 is 27.8 Å². The zero-order chi connectivity index (χ0) is 15.6. The number of nitrogens with zero attached hydrogens (tertiary/aromatic N) is 1. The zero-order valence-electron chi connectivity index (χ0n) is 10.1. The van der Waals surface area contributed by atoms with E-state index < -0.39 is 28.0 Å². The predicted molar refractivity (Wildman–Crippen MR) is 65.8 cm³/mol. The van der Waals surface area contributed by atoms with Gasteiger partial charge in [-0.2, -0.15) is 17.5 Å². The van der Waals surface area contributed by atoms with Gasteiger partial charge in [-0.3, -0.25) is 4.79 Å². The van der Waals surface area contributed by atoms with Gasteiger partial charge in [-0.15, -0.1) is 0 Å². The average Bonchev–Trinajstić information content (AvgIpc) is 2.26. The number of aliphatic carboxylic acids is 1. The Morgan fingerprint density at radius 1 is 1.30 bits per heavy atom. The maximum atomic E-state index is 12.1. The highest BCUT2D eigenvalue weighted by atomic mass is 32.2. The molecule has 10 heteroatoms. The molecule has 1 aromatic carbocycles. The fourth-order valence-corrected chi connectivity index (χ4v) is 2.93. The molecule has 0 unspecified atom stereocenters. The lowest BCUT2D eigenvalue weighted by molar-refractivity contribution is -0.137. The molecular weight excluding hydrogens is 319 g/mol. The molecule has 20 heavy (non-hydrogen) atoms. The second-order valence-electron chi connectivity index (χ2n) is 3.67. The van der Waals surface area contributed by atoms with Gasteiger partial charge in [-0.25, -0.2) is 8.42 Å². The van der Waals surface area contributed by atoms with Gasteiger partial charge in [0.05, 0.1) is 4.90 Å². The quantitative estimate of drug-likeness (QED) is 0.837. The molecule has 0 aliphatic carbocycles. The van der Waals surface area contributed by atoms with E-state index in [-0.39, 0.29) is 21.6 Å². The van der Waals surface area contributed by atoms with E-state index in [9.17, 15) is 26.4 Å². The molecule has 0 fully saturated rings. The van der Waals surface area contributed by atoms with Crippen LogP contribution in [0.5, 0.6) is 0 Å². The Morgan fingerprint density at radius 2 is 1.80 bits per heavy atom. The zero-order valence-corrected chi connectivity index (χ0v) is 11.7. The molecule has 0 saturated heterocycles. The Morgan fingerprint density at radius 3 is 2.20 bits per heavy atom. The second kappa shape index (κ2) is 6.02. The average molecular weight is 329 g/mol. The first-order valence-electron chi connectivity index (χ1n) is 5.06. The summed E-state index contributed by atoms with van der Waals surface area (Å²) in [4.78, 5) is 10.0. The molecule has 0 aromatic heterocycles. The van der Waals surface area contributed by atoms with Crippen LogP contribution in [0.4, 0.5) is 13.2 Å². The summed E-state index contributed by atoms with van der Waals surface area (Å²) in [6, 6.07) is 4.03. The van der Waals surface area contributed by atoms with Crippen molar-refractivity contribution < 1.29 is 31.5 Å². The standard InChI is InChI=1S/C10H10F3NO4S2/c1-14(6-9(15)16)20(17,18)8-4-2-7(3-5-8)19-10(11,12)13/h2-5H,6H2,1H3,(H,15,16). The topological polar surface area (TPSA) is 74.7 Å². The van der Waals surface area contributed by atoms with E-state index >= 15 is 0 Å². The summed E-state index contributed by atoms with van der Waals surface area (Å²) in [5, 5.41) is 8.53. The van der Waals surface area contributed by atoms with Crippen molar-refractivity contribution in [3.8, 4) is 0 Å². The lowest BCUT2D eigenvalue weighted by Crippen LogP contribution is -2.31. The van der Waals surface area contributed by atoms with Crippen LogP contribution in [-0.4, -0.2) is 42.9 Å². The van der Waals surface area contributed by atoms with Crippen LogP contribution in [-0.2, 0) is 14.8 Å². The van der Waals surface area contributed by atoms with Gasteiger partial charge in [0.2, 0.25) is 10.0 Å². The minimum Gasteiger partial charge on any atom is -0.480 e. The van der Waals surface area contributed by atoms with Crippen molar-refractivity contribution in [1.29, 1.82) is 0 Å². The number of thioether (sulfide) groups is 1. The molecular formula is C10H10F3NO4S2. The molecule has 0 aliphatic heterocycles. The lowest BCUT2D eigenvalue weighted by Gasteiger charge is -2.15. The van der Waals surface area contributed by atoms with Gasteiger partial charge in [-0.1, -0.05) is 0 Å². The predicted octanol–water partition coefficient (Wildman–Crippen LogP) is 2.00. The third-order valence-electron chi connectivity index (χ3n) is 2.12. The SMILES string of the molecule is CN(CC(=O)O)S(=O)(=O)c1ccc(SC(F)(F)F)cc1. The molecule has 0 radical (unpaired) electrons. The molecule has 112 valence electrons. The Bertz CT molecular complexity index is 584. The summed E-state index contributed by atoms with van der Waals surface area (Å²) < 4.78 is 60.8. The molecule has 0 heterocycles. The van der Waals surface area contributed by atoms with Gasteiger partial charge in [0.15, 0.2) is 0 Å². The molecule has 1 N–H and O–H groups in total. The van der Waals surface area contributed by atoms with E-state index in [0.717, 1.165) is 31.3 Å². The van der Waals surface area contributed by atoms with Gasteiger partial charge in [-0.05, 0) is 36.0 Å². The van der Waals surface area contributed by atoms with Crippen molar-refractivity contribution in [2.45, 2.75) is 15.3 Å². The Kier molecular flexibility index (Phi) is 5.05. The monoisotopic (exact) mass is 329 g/mol. The van der Waals surface area contributed by atoms with Crippen LogP contribution in [0.2, 0.25) is 0 Å². The van der Waals surface area contributed by atoms with Gasteiger partial charge < -0.3 is 5.11 Å². The molecule has 0 atom stereocenters. The smallest absolute Gasteiger partial charge is 0.446 e. The maximum Gasteiger partial charge on any atom is 0.446 e. The minimum absolute atomic E-state index is 0.155. The largest absolute Gasteiger partial charge is 0.480 e. The molecule has 1 aromatic rings. The fraction of sp³-hybridized carbons (Fsp3) is 0.300. The number of halogens is 3. The molecule has 0 saturated carbocycles. The Hall–Kier alpha value is -1.26. The van der Waals surface area contributed by atoms with Gasteiger partial charge >= 0.3 is 11.5 Å². The first-order chi connectivity index (χ1) is 9.02. The molecule has 5 nitrogen and oxygen atoms in total. The fourth-order valence-electron chi connectivity index (χ4n) is 1.27. The Balaban J connectivity index is 2.95. The van der Waals surface area contributed by atoms with E-state index in [0.29, 0.717) is 4.31 Å². The summed E-state index contributed by atoms with van der Waals surface area (Å²) in [6.45, 7) is -0.735. The first kappa shape index (κ1) is 16.8. The number of benzene rings is 1. The van der Waals surface area contributed by atoms with Crippen LogP contribution in [0.15, 0.2) is 34.1 Å². The summed E-state index contributed by atoms with van der Waals surface area (Å²) in [5.41, 5.74) is -4.46. The Labute approximate surface area is 117 Å². The second-order valence-corrected chi connectivity index (χ2v) is 6.86. The van der Waals surface area contributed by atoms with E-state index in [1.165, 1.54) is 0 Å². The third kappa shape index (κ3) is 4.69.